The van der Waals surface area contributed by atoms with Crippen molar-refractivity contribution in [2.45, 2.75) is 43.2 Å². The van der Waals surface area contributed by atoms with E-state index in [1.165, 1.54) is 0 Å². The molecule has 0 bridgehead atoms. The second kappa shape index (κ2) is 4.56. The summed E-state index contributed by atoms with van der Waals surface area (Å²) < 4.78 is 32.2. The van der Waals surface area contributed by atoms with Crippen LogP contribution in [0, 0.1) is 0 Å². The van der Waals surface area contributed by atoms with Gasteiger partial charge >= 0.3 is 0 Å². The summed E-state index contributed by atoms with van der Waals surface area (Å²) in [5, 5.41) is 0. The van der Waals surface area contributed by atoms with Gasteiger partial charge in [0.15, 0.2) is 0 Å². The molecule has 0 amide bonds. The van der Waals surface area contributed by atoms with Crippen LogP contribution in [0.3, 0.4) is 0 Å². The molecule has 1 fully saturated rings. The average Bonchev–Trinajstić information content (AvgIpc) is 2.61. The molecule has 2 aliphatic heterocycles. The second-order valence-corrected chi connectivity index (χ2v) is 7.48. The van der Waals surface area contributed by atoms with Crippen molar-refractivity contribution in [3.8, 4) is 0 Å². The molecule has 0 saturated carbocycles. The summed E-state index contributed by atoms with van der Waals surface area (Å²) in [5.41, 5.74) is 0.459. The largest absolute Gasteiger partial charge is 0.375 e. The van der Waals surface area contributed by atoms with Gasteiger partial charge in [-0.15, -0.1) is 0 Å². The average molecular weight is 294 g/mol. The summed E-state index contributed by atoms with van der Waals surface area (Å²) in [4.78, 5) is 4.92. The lowest BCUT2D eigenvalue weighted by atomic mass is 9.94. The third kappa shape index (κ3) is 2.45. The third-order valence-electron chi connectivity index (χ3n) is 3.65. The molecule has 1 N–H and O–H groups in total. The number of hydrogen-bond acceptors (Lipinski definition) is 4. The number of rotatable bonds is 1. The molecular formula is C14H18N2O3S. The molecular weight excluding hydrogens is 276 g/mol. The van der Waals surface area contributed by atoms with E-state index in [1.807, 2.05) is 19.9 Å². The maximum absolute atomic E-state index is 12.0. The summed E-state index contributed by atoms with van der Waals surface area (Å²) >= 11 is 0. The standard InChI is InChI=1S/C14H18N2O3S/c1-14(2)9-10(7-8-19-14)15-13-11-5-3-4-6-12(11)20(17,18)16-13/h3-6,10H,7-9H2,1-2H3,(H,15,16). The van der Waals surface area contributed by atoms with Gasteiger partial charge < -0.3 is 4.74 Å². The van der Waals surface area contributed by atoms with Crippen LogP contribution >= 0.6 is 0 Å². The van der Waals surface area contributed by atoms with Crippen LogP contribution in [0.15, 0.2) is 34.2 Å². The van der Waals surface area contributed by atoms with Crippen LogP contribution in [0.25, 0.3) is 0 Å². The highest BCUT2D eigenvalue weighted by molar-refractivity contribution is 7.90. The first-order valence-corrected chi connectivity index (χ1v) is 8.20. The molecule has 0 aliphatic carbocycles. The molecule has 0 aromatic heterocycles. The van der Waals surface area contributed by atoms with Crippen molar-refractivity contribution in [3.63, 3.8) is 0 Å². The van der Waals surface area contributed by atoms with Crippen molar-refractivity contribution in [2.75, 3.05) is 6.61 Å². The van der Waals surface area contributed by atoms with Gasteiger partial charge in [0.25, 0.3) is 10.0 Å². The molecule has 1 saturated heterocycles. The number of hydrogen-bond donors (Lipinski definition) is 1. The van der Waals surface area contributed by atoms with E-state index in [9.17, 15) is 8.42 Å². The summed E-state index contributed by atoms with van der Waals surface area (Å²) in [7, 11) is -3.45. The van der Waals surface area contributed by atoms with E-state index in [1.54, 1.807) is 18.2 Å². The number of amidine groups is 1. The molecule has 5 nitrogen and oxygen atoms in total. The number of fused-ring (bicyclic) bond motifs is 1. The van der Waals surface area contributed by atoms with Gasteiger partial charge in [-0.2, -0.15) is 0 Å². The Morgan fingerprint density at radius 1 is 1.35 bits per heavy atom. The molecule has 3 rings (SSSR count). The van der Waals surface area contributed by atoms with Crippen LogP contribution in [0.1, 0.15) is 32.3 Å². The third-order valence-corrected chi connectivity index (χ3v) is 5.04. The quantitative estimate of drug-likeness (QED) is 0.857. The minimum atomic E-state index is -3.45. The summed E-state index contributed by atoms with van der Waals surface area (Å²) in [6.07, 6.45) is 1.61. The fourth-order valence-electron chi connectivity index (χ4n) is 2.72. The molecule has 1 atom stereocenters. The van der Waals surface area contributed by atoms with Crippen LogP contribution in [-0.4, -0.2) is 32.5 Å². The van der Waals surface area contributed by atoms with E-state index in [4.69, 9.17) is 4.74 Å². The van der Waals surface area contributed by atoms with Crippen LogP contribution < -0.4 is 4.72 Å². The number of benzene rings is 1. The van der Waals surface area contributed by atoms with Gasteiger partial charge in [0.05, 0.1) is 16.5 Å². The topological polar surface area (TPSA) is 67.8 Å². The SMILES string of the molecule is CC1(C)CC(N=C2NS(=O)(=O)c3ccccc32)CCO1. The lowest BCUT2D eigenvalue weighted by molar-refractivity contribution is -0.0575. The zero-order valence-corrected chi connectivity index (χ0v) is 12.4. The molecule has 1 aromatic carbocycles. The number of aliphatic imine (C=N–C) groups is 1. The van der Waals surface area contributed by atoms with Crippen LogP contribution in [0.2, 0.25) is 0 Å². The van der Waals surface area contributed by atoms with E-state index >= 15 is 0 Å². The highest BCUT2D eigenvalue weighted by Gasteiger charge is 2.33. The monoisotopic (exact) mass is 294 g/mol. The molecule has 1 unspecified atom stereocenters. The fourth-order valence-corrected chi connectivity index (χ4v) is 3.96. The molecule has 6 heteroatoms. The van der Waals surface area contributed by atoms with Gasteiger partial charge in [0.1, 0.15) is 5.84 Å². The predicted molar refractivity (Wildman–Crippen MR) is 76.4 cm³/mol. The molecule has 0 radical (unpaired) electrons. The lowest BCUT2D eigenvalue weighted by Crippen LogP contribution is -2.37. The first kappa shape index (κ1) is 13.6. The zero-order chi connectivity index (χ0) is 14.4. The Kier molecular flexibility index (Phi) is 3.10. The predicted octanol–water partition coefficient (Wildman–Crippen LogP) is 1.68. The Balaban J connectivity index is 1.94. The minimum absolute atomic E-state index is 0.0857. The van der Waals surface area contributed by atoms with Gasteiger partial charge in [0, 0.05) is 12.2 Å². The molecule has 108 valence electrons. The normalized spacial score (nSPS) is 28.9. The molecule has 0 spiro atoms. The second-order valence-electron chi connectivity index (χ2n) is 5.83. The van der Waals surface area contributed by atoms with E-state index in [0.717, 1.165) is 12.8 Å². The summed E-state index contributed by atoms with van der Waals surface area (Å²) in [6.45, 7) is 4.72. The lowest BCUT2D eigenvalue weighted by Gasteiger charge is -2.33. The minimum Gasteiger partial charge on any atom is -0.375 e. The van der Waals surface area contributed by atoms with Crippen molar-refractivity contribution in [3.05, 3.63) is 29.8 Å². The summed E-state index contributed by atoms with van der Waals surface area (Å²) in [6, 6.07) is 7.02. The smallest absolute Gasteiger partial charge is 0.263 e. The molecule has 2 aliphatic rings. The Hall–Kier alpha value is -1.40. The number of sulfonamides is 1. The van der Waals surface area contributed by atoms with E-state index in [0.29, 0.717) is 22.9 Å². The maximum Gasteiger partial charge on any atom is 0.263 e. The number of nitrogens with zero attached hydrogens (tertiary/aromatic N) is 1. The highest BCUT2D eigenvalue weighted by atomic mass is 32.2. The van der Waals surface area contributed by atoms with Gasteiger partial charge in [-0.25, -0.2) is 8.42 Å². The van der Waals surface area contributed by atoms with Gasteiger partial charge in [-0.1, -0.05) is 12.1 Å². The summed E-state index contributed by atoms with van der Waals surface area (Å²) in [5.74, 6) is 0.461. The maximum atomic E-state index is 12.0. The van der Waals surface area contributed by atoms with Crippen molar-refractivity contribution in [1.82, 2.24) is 4.72 Å². The van der Waals surface area contributed by atoms with Crippen LogP contribution in [0.5, 0.6) is 0 Å². The number of ether oxygens (including phenoxy) is 1. The Bertz CT molecular complexity index is 665. The zero-order valence-electron chi connectivity index (χ0n) is 11.6. The van der Waals surface area contributed by atoms with Crippen molar-refractivity contribution in [1.29, 1.82) is 0 Å². The first-order valence-electron chi connectivity index (χ1n) is 6.71. The highest BCUT2D eigenvalue weighted by Crippen LogP contribution is 2.28. The van der Waals surface area contributed by atoms with Crippen LogP contribution in [0.4, 0.5) is 0 Å². The first-order chi connectivity index (χ1) is 9.37. The van der Waals surface area contributed by atoms with E-state index < -0.39 is 10.0 Å². The van der Waals surface area contributed by atoms with Crippen molar-refractivity contribution in [2.24, 2.45) is 4.99 Å². The van der Waals surface area contributed by atoms with E-state index in [-0.39, 0.29) is 11.6 Å². The van der Waals surface area contributed by atoms with Crippen molar-refractivity contribution >= 4 is 15.9 Å². The fraction of sp³-hybridized carbons (Fsp3) is 0.500. The van der Waals surface area contributed by atoms with Gasteiger partial charge in [-0.05, 0) is 38.8 Å². The molecule has 20 heavy (non-hydrogen) atoms. The van der Waals surface area contributed by atoms with Crippen LogP contribution in [-0.2, 0) is 14.8 Å². The van der Waals surface area contributed by atoms with Crippen molar-refractivity contribution < 1.29 is 13.2 Å². The van der Waals surface area contributed by atoms with Gasteiger partial charge in [0.2, 0.25) is 0 Å². The Morgan fingerprint density at radius 2 is 2.10 bits per heavy atom. The number of nitrogens with one attached hydrogen (secondary N) is 1. The molecule has 1 aromatic rings. The Morgan fingerprint density at radius 3 is 2.85 bits per heavy atom. The Labute approximate surface area is 119 Å². The van der Waals surface area contributed by atoms with E-state index in [2.05, 4.69) is 9.71 Å². The molecule has 2 heterocycles. The van der Waals surface area contributed by atoms with Gasteiger partial charge in [-0.3, -0.25) is 9.71 Å².